The molecular formula is C15H15ClFNO. The third-order valence-electron chi connectivity index (χ3n) is 3.72. The second-order valence-corrected chi connectivity index (χ2v) is 5.43. The zero-order valence-electron chi connectivity index (χ0n) is 10.7. The summed E-state index contributed by atoms with van der Waals surface area (Å²) in [5, 5.41) is 10.6. The Morgan fingerprint density at radius 3 is 2.95 bits per heavy atom. The second kappa shape index (κ2) is 4.66. The zero-order valence-corrected chi connectivity index (χ0v) is 11.4. The molecule has 0 spiro atoms. The first-order valence-electron chi connectivity index (χ1n) is 6.42. The molecule has 1 N–H and O–H groups in total. The number of hydrogen-bond donors (Lipinski definition) is 1. The van der Waals surface area contributed by atoms with E-state index in [1.807, 2.05) is 17.6 Å². The van der Waals surface area contributed by atoms with Crippen LogP contribution >= 0.6 is 11.6 Å². The largest absolute Gasteiger partial charge is 0.388 e. The topological polar surface area (TPSA) is 25.2 Å². The number of benzene rings is 1. The van der Waals surface area contributed by atoms with Crippen molar-refractivity contribution in [2.75, 3.05) is 0 Å². The van der Waals surface area contributed by atoms with Crippen LogP contribution in [0.4, 0.5) is 4.39 Å². The lowest BCUT2D eigenvalue weighted by Gasteiger charge is -2.21. The lowest BCUT2D eigenvalue weighted by Crippen LogP contribution is -2.11. The van der Waals surface area contributed by atoms with E-state index in [2.05, 4.69) is 0 Å². The fourth-order valence-electron chi connectivity index (χ4n) is 2.87. The van der Waals surface area contributed by atoms with E-state index in [0.29, 0.717) is 10.7 Å². The van der Waals surface area contributed by atoms with Crippen LogP contribution in [0.3, 0.4) is 0 Å². The lowest BCUT2D eigenvalue weighted by atomic mass is 9.95. The summed E-state index contributed by atoms with van der Waals surface area (Å²) in [5.74, 6) is -0.308. The molecule has 1 aliphatic carbocycles. The van der Waals surface area contributed by atoms with Gasteiger partial charge in [-0.05, 0) is 50.5 Å². The highest BCUT2D eigenvalue weighted by atomic mass is 35.5. The Kier molecular flexibility index (Phi) is 3.11. The van der Waals surface area contributed by atoms with Gasteiger partial charge in [0.2, 0.25) is 0 Å². The van der Waals surface area contributed by atoms with E-state index in [9.17, 15) is 9.50 Å². The quantitative estimate of drug-likeness (QED) is 0.840. The summed E-state index contributed by atoms with van der Waals surface area (Å²) in [6.45, 7) is 1.95. The first kappa shape index (κ1) is 12.7. The van der Waals surface area contributed by atoms with Crippen LogP contribution in [0.25, 0.3) is 5.69 Å². The number of fused-ring (bicyclic) bond motifs is 1. The van der Waals surface area contributed by atoms with Gasteiger partial charge in [-0.25, -0.2) is 4.39 Å². The Morgan fingerprint density at radius 2 is 2.16 bits per heavy atom. The van der Waals surface area contributed by atoms with E-state index in [0.717, 1.165) is 36.2 Å². The van der Waals surface area contributed by atoms with Gasteiger partial charge in [0.05, 0.1) is 16.8 Å². The van der Waals surface area contributed by atoms with Gasteiger partial charge in [-0.3, -0.25) is 0 Å². The molecule has 0 saturated heterocycles. The molecular weight excluding hydrogens is 265 g/mol. The first-order chi connectivity index (χ1) is 9.08. The highest BCUT2D eigenvalue weighted by Crippen LogP contribution is 2.35. The number of halogens is 2. The molecule has 1 unspecified atom stereocenters. The molecule has 0 fully saturated rings. The predicted octanol–water partition coefficient (Wildman–Crippen LogP) is 3.95. The van der Waals surface area contributed by atoms with E-state index in [4.69, 9.17) is 11.6 Å². The van der Waals surface area contributed by atoms with Gasteiger partial charge in [0, 0.05) is 17.0 Å². The van der Waals surface area contributed by atoms with Crippen LogP contribution in [-0.4, -0.2) is 9.67 Å². The van der Waals surface area contributed by atoms with E-state index < -0.39 is 6.10 Å². The summed E-state index contributed by atoms with van der Waals surface area (Å²) in [5.41, 5.74) is 3.61. The Hall–Kier alpha value is -1.32. The fraction of sp³-hybridized carbons (Fsp3) is 0.333. The van der Waals surface area contributed by atoms with Gasteiger partial charge in [0.1, 0.15) is 5.82 Å². The van der Waals surface area contributed by atoms with E-state index in [1.54, 1.807) is 6.07 Å². The Balaban J connectivity index is 2.23. The minimum Gasteiger partial charge on any atom is -0.388 e. The Morgan fingerprint density at radius 1 is 1.37 bits per heavy atom. The maximum Gasteiger partial charge on any atom is 0.125 e. The monoisotopic (exact) mass is 279 g/mol. The van der Waals surface area contributed by atoms with E-state index in [1.165, 1.54) is 12.1 Å². The van der Waals surface area contributed by atoms with Crippen LogP contribution in [0.2, 0.25) is 5.02 Å². The van der Waals surface area contributed by atoms with Crippen molar-refractivity contribution in [2.24, 2.45) is 0 Å². The maximum atomic E-state index is 13.5. The third-order valence-corrected chi connectivity index (χ3v) is 4.04. The number of aliphatic hydroxyl groups is 1. The van der Waals surface area contributed by atoms with Crippen LogP contribution in [-0.2, 0) is 6.42 Å². The summed E-state index contributed by atoms with van der Waals surface area (Å²) < 4.78 is 15.4. The van der Waals surface area contributed by atoms with Crippen LogP contribution in [0.1, 0.15) is 35.9 Å². The molecule has 1 atom stereocenters. The van der Waals surface area contributed by atoms with Crippen molar-refractivity contribution >= 4 is 11.6 Å². The van der Waals surface area contributed by atoms with Crippen LogP contribution in [0.15, 0.2) is 24.3 Å². The molecule has 100 valence electrons. The lowest BCUT2D eigenvalue weighted by molar-refractivity contribution is 0.156. The smallest absolute Gasteiger partial charge is 0.125 e. The molecule has 1 aliphatic rings. The molecule has 0 radical (unpaired) electrons. The van der Waals surface area contributed by atoms with Crippen molar-refractivity contribution in [1.82, 2.24) is 4.57 Å². The summed E-state index contributed by atoms with van der Waals surface area (Å²) in [6.07, 6.45) is 2.18. The zero-order chi connectivity index (χ0) is 13.6. The number of hydrogen-bond acceptors (Lipinski definition) is 1. The summed E-state index contributed by atoms with van der Waals surface area (Å²) >= 11 is 6.19. The molecule has 0 saturated carbocycles. The number of aliphatic hydroxyl groups excluding tert-OH is 1. The van der Waals surface area contributed by atoms with Gasteiger partial charge in [0.15, 0.2) is 0 Å². The van der Waals surface area contributed by atoms with Gasteiger partial charge < -0.3 is 9.67 Å². The SMILES string of the molecule is Cc1cc2c(n1-c1cc(F)ccc1Cl)CCCC2O. The molecule has 0 bridgehead atoms. The molecule has 1 aromatic carbocycles. The molecule has 1 heterocycles. The molecule has 2 nitrogen and oxygen atoms in total. The summed E-state index contributed by atoms with van der Waals surface area (Å²) in [7, 11) is 0. The van der Waals surface area contributed by atoms with Crippen molar-refractivity contribution in [3.05, 3.63) is 52.1 Å². The van der Waals surface area contributed by atoms with Gasteiger partial charge in [-0.2, -0.15) is 0 Å². The van der Waals surface area contributed by atoms with Crippen molar-refractivity contribution < 1.29 is 9.50 Å². The van der Waals surface area contributed by atoms with Crippen molar-refractivity contribution in [1.29, 1.82) is 0 Å². The molecule has 3 rings (SSSR count). The van der Waals surface area contributed by atoms with Crippen molar-refractivity contribution in [3.8, 4) is 5.69 Å². The molecule has 1 aromatic heterocycles. The predicted molar refractivity (Wildman–Crippen MR) is 73.4 cm³/mol. The van der Waals surface area contributed by atoms with Gasteiger partial charge in [-0.15, -0.1) is 0 Å². The standard InChI is InChI=1S/C15H15ClFNO/c1-9-7-11-13(3-2-4-15(11)19)18(9)14-8-10(17)5-6-12(14)16/h5-8,15,19H,2-4H2,1H3. The molecule has 4 heteroatoms. The van der Waals surface area contributed by atoms with Gasteiger partial charge in [0.25, 0.3) is 0 Å². The van der Waals surface area contributed by atoms with Crippen LogP contribution in [0, 0.1) is 12.7 Å². The first-order valence-corrected chi connectivity index (χ1v) is 6.80. The van der Waals surface area contributed by atoms with Crippen LogP contribution in [0.5, 0.6) is 0 Å². The number of aryl methyl sites for hydroxylation is 1. The van der Waals surface area contributed by atoms with Crippen molar-refractivity contribution in [3.63, 3.8) is 0 Å². The Labute approximate surface area is 116 Å². The van der Waals surface area contributed by atoms with Gasteiger partial charge in [-0.1, -0.05) is 11.6 Å². The number of aromatic nitrogens is 1. The Bertz CT molecular complexity index is 635. The number of rotatable bonds is 1. The molecule has 0 aliphatic heterocycles. The fourth-order valence-corrected chi connectivity index (χ4v) is 3.07. The summed E-state index contributed by atoms with van der Waals surface area (Å²) in [6, 6.07) is 6.33. The molecule has 19 heavy (non-hydrogen) atoms. The second-order valence-electron chi connectivity index (χ2n) is 5.03. The minimum absolute atomic E-state index is 0.308. The van der Waals surface area contributed by atoms with E-state index >= 15 is 0 Å². The summed E-state index contributed by atoms with van der Waals surface area (Å²) in [4.78, 5) is 0. The minimum atomic E-state index is -0.420. The normalized spacial score (nSPS) is 18.4. The average molecular weight is 280 g/mol. The van der Waals surface area contributed by atoms with Crippen LogP contribution < -0.4 is 0 Å². The third kappa shape index (κ3) is 2.07. The van der Waals surface area contributed by atoms with E-state index in [-0.39, 0.29) is 5.82 Å². The molecule has 2 aromatic rings. The van der Waals surface area contributed by atoms with Gasteiger partial charge >= 0.3 is 0 Å². The highest BCUT2D eigenvalue weighted by molar-refractivity contribution is 6.32. The number of nitrogens with zero attached hydrogens (tertiary/aromatic N) is 1. The maximum absolute atomic E-state index is 13.5. The average Bonchev–Trinajstić information content (AvgIpc) is 2.70. The molecule has 0 amide bonds. The highest BCUT2D eigenvalue weighted by Gasteiger charge is 2.24. The van der Waals surface area contributed by atoms with Crippen molar-refractivity contribution in [2.45, 2.75) is 32.3 Å².